The summed E-state index contributed by atoms with van der Waals surface area (Å²) in [6.07, 6.45) is 2.04. The average molecular weight is 324 g/mol. The van der Waals surface area contributed by atoms with Gasteiger partial charge in [-0.15, -0.1) is 34.7 Å². The van der Waals surface area contributed by atoms with Gasteiger partial charge in [0.15, 0.2) is 0 Å². The van der Waals surface area contributed by atoms with Gasteiger partial charge in [-0.25, -0.2) is 0 Å². The van der Waals surface area contributed by atoms with Crippen molar-refractivity contribution in [2.45, 2.75) is 10.3 Å². The van der Waals surface area contributed by atoms with E-state index in [1.165, 1.54) is 16.2 Å². The first-order valence-electron chi connectivity index (χ1n) is 4.84. The third kappa shape index (κ3) is 3.12. The average Bonchev–Trinajstić information content (AvgIpc) is 2.68. The van der Waals surface area contributed by atoms with Gasteiger partial charge in [0.2, 0.25) is 0 Å². The number of halogens is 3. The molecule has 0 nitrogen and oxygen atoms in total. The predicted molar refractivity (Wildman–Crippen MR) is 80.3 cm³/mol. The lowest BCUT2D eigenvalue weighted by molar-refractivity contribution is 1.15. The lowest BCUT2D eigenvalue weighted by atomic mass is 10.1. The summed E-state index contributed by atoms with van der Waals surface area (Å²) in [5.74, 6) is 0. The van der Waals surface area contributed by atoms with Crippen molar-refractivity contribution in [2.75, 3.05) is 6.26 Å². The minimum Gasteiger partial charge on any atom is -0.130 e. The summed E-state index contributed by atoms with van der Waals surface area (Å²) in [5, 5.41) is -0.248. The van der Waals surface area contributed by atoms with E-state index in [9.17, 15) is 0 Å². The fraction of sp³-hybridized carbons (Fsp3) is 0.167. The zero-order chi connectivity index (χ0) is 12.4. The maximum Gasteiger partial charge on any atom is 0.0994 e. The van der Waals surface area contributed by atoms with Crippen molar-refractivity contribution in [3.8, 4) is 0 Å². The summed E-state index contributed by atoms with van der Waals surface area (Å²) >= 11 is 21.5. The predicted octanol–water partition coefficient (Wildman–Crippen LogP) is 6.11. The first-order valence-corrected chi connectivity index (χ1v) is 8.08. The Kier molecular flexibility index (Phi) is 4.67. The summed E-state index contributed by atoms with van der Waals surface area (Å²) in [6, 6.07) is 9.97. The maximum atomic E-state index is 6.40. The van der Waals surface area contributed by atoms with Gasteiger partial charge in [0, 0.05) is 10.5 Å². The fourth-order valence-corrected chi connectivity index (χ4v) is 3.86. The van der Waals surface area contributed by atoms with Gasteiger partial charge in [0.25, 0.3) is 0 Å². The Hall–Kier alpha value is 0.140. The van der Waals surface area contributed by atoms with Crippen LogP contribution < -0.4 is 0 Å². The molecular weight excluding hydrogens is 315 g/mol. The van der Waals surface area contributed by atoms with Gasteiger partial charge in [-0.2, -0.15) is 0 Å². The van der Waals surface area contributed by atoms with Crippen molar-refractivity contribution >= 4 is 57.9 Å². The van der Waals surface area contributed by atoms with Crippen LogP contribution in [0.5, 0.6) is 0 Å². The number of rotatable bonds is 3. The van der Waals surface area contributed by atoms with E-state index in [0.29, 0.717) is 8.67 Å². The molecule has 1 aromatic heterocycles. The molecule has 0 N–H and O–H groups in total. The van der Waals surface area contributed by atoms with E-state index in [1.807, 2.05) is 24.5 Å². The highest BCUT2D eigenvalue weighted by Gasteiger charge is 2.17. The molecule has 0 aliphatic heterocycles. The van der Waals surface area contributed by atoms with Gasteiger partial charge in [-0.05, 0) is 30.0 Å². The number of thiophene rings is 1. The van der Waals surface area contributed by atoms with Crippen LogP contribution in [0.2, 0.25) is 8.67 Å². The molecule has 90 valence electrons. The molecule has 1 unspecified atom stereocenters. The number of benzene rings is 1. The van der Waals surface area contributed by atoms with Crippen molar-refractivity contribution in [1.82, 2.24) is 0 Å². The lowest BCUT2D eigenvalue weighted by Crippen LogP contribution is -1.91. The Labute approximate surface area is 124 Å². The van der Waals surface area contributed by atoms with E-state index >= 15 is 0 Å². The van der Waals surface area contributed by atoms with Gasteiger partial charge in [0.05, 0.1) is 14.0 Å². The number of hydrogen-bond acceptors (Lipinski definition) is 2. The van der Waals surface area contributed by atoms with Gasteiger partial charge in [-0.3, -0.25) is 0 Å². The van der Waals surface area contributed by atoms with Crippen LogP contribution in [0.15, 0.2) is 35.2 Å². The Balaban J connectivity index is 2.30. The highest BCUT2D eigenvalue weighted by atomic mass is 35.5. The molecule has 0 spiro atoms. The maximum absolute atomic E-state index is 6.40. The molecule has 1 aromatic carbocycles. The first-order chi connectivity index (χ1) is 8.11. The largest absolute Gasteiger partial charge is 0.130 e. The highest BCUT2D eigenvalue weighted by molar-refractivity contribution is 7.98. The standard InChI is InChI=1S/C12H9Cl3S2/c1-16-8-4-2-7(3-5-8)11(14)9-6-10(13)17-12(9)15/h2-6,11H,1H3. The van der Waals surface area contributed by atoms with E-state index < -0.39 is 0 Å². The number of alkyl halides is 1. The summed E-state index contributed by atoms with van der Waals surface area (Å²) in [7, 11) is 0. The van der Waals surface area contributed by atoms with Crippen LogP contribution in [0, 0.1) is 0 Å². The van der Waals surface area contributed by atoms with Crippen LogP contribution >= 0.6 is 57.9 Å². The molecule has 0 aliphatic rings. The van der Waals surface area contributed by atoms with Gasteiger partial charge < -0.3 is 0 Å². The van der Waals surface area contributed by atoms with Gasteiger partial charge >= 0.3 is 0 Å². The monoisotopic (exact) mass is 322 g/mol. The zero-order valence-electron chi connectivity index (χ0n) is 8.91. The molecular formula is C12H9Cl3S2. The zero-order valence-corrected chi connectivity index (χ0v) is 12.8. The van der Waals surface area contributed by atoms with Crippen molar-refractivity contribution < 1.29 is 0 Å². The summed E-state index contributed by atoms with van der Waals surface area (Å²) < 4.78 is 1.32. The molecule has 0 saturated carbocycles. The Morgan fingerprint density at radius 2 is 1.82 bits per heavy atom. The van der Waals surface area contributed by atoms with Crippen molar-refractivity contribution in [2.24, 2.45) is 0 Å². The van der Waals surface area contributed by atoms with Crippen molar-refractivity contribution in [3.63, 3.8) is 0 Å². The van der Waals surface area contributed by atoms with Crippen LogP contribution in [0.3, 0.4) is 0 Å². The minimum atomic E-state index is -0.248. The summed E-state index contributed by atoms with van der Waals surface area (Å²) in [4.78, 5) is 1.21. The third-order valence-corrected chi connectivity index (χ3v) is 5.11. The van der Waals surface area contributed by atoms with Crippen LogP contribution in [0.4, 0.5) is 0 Å². The third-order valence-electron chi connectivity index (χ3n) is 2.36. The molecule has 1 heterocycles. The van der Waals surface area contributed by atoms with Gasteiger partial charge in [0.1, 0.15) is 0 Å². The smallest absolute Gasteiger partial charge is 0.0994 e. The number of thioether (sulfide) groups is 1. The molecule has 5 heteroatoms. The summed E-state index contributed by atoms with van der Waals surface area (Å²) in [5.41, 5.74) is 1.90. The Morgan fingerprint density at radius 3 is 2.29 bits per heavy atom. The molecule has 0 amide bonds. The molecule has 2 aromatic rings. The van der Waals surface area contributed by atoms with E-state index in [0.717, 1.165) is 11.1 Å². The van der Waals surface area contributed by atoms with Crippen LogP contribution in [0.1, 0.15) is 16.5 Å². The van der Waals surface area contributed by atoms with Crippen molar-refractivity contribution in [3.05, 3.63) is 50.1 Å². The SMILES string of the molecule is CSc1ccc(C(Cl)c2cc(Cl)sc2Cl)cc1. The number of hydrogen-bond donors (Lipinski definition) is 0. The van der Waals surface area contributed by atoms with E-state index in [2.05, 4.69) is 12.1 Å². The van der Waals surface area contributed by atoms with E-state index in [4.69, 9.17) is 34.8 Å². The summed E-state index contributed by atoms with van der Waals surface area (Å²) in [6.45, 7) is 0. The minimum absolute atomic E-state index is 0.248. The Bertz CT molecular complexity index is 505. The van der Waals surface area contributed by atoms with Gasteiger partial charge in [-0.1, -0.05) is 35.3 Å². The van der Waals surface area contributed by atoms with E-state index in [1.54, 1.807) is 11.8 Å². The molecule has 0 aliphatic carbocycles. The molecule has 0 fully saturated rings. The normalized spacial score (nSPS) is 12.7. The lowest BCUT2D eigenvalue weighted by Gasteiger charge is -2.09. The van der Waals surface area contributed by atoms with Crippen LogP contribution in [-0.2, 0) is 0 Å². The first kappa shape index (κ1) is 13.6. The molecule has 0 bridgehead atoms. The molecule has 0 saturated heterocycles. The quantitative estimate of drug-likeness (QED) is 0.485. The second-order valence-electron chi connectivity index (χ2n) is 3.42. The topological polar surface area (TPSA) is 0 Å². The molecule has 1 atom stereocenters. The molecule has 0 radical (unpaired) electrons. The van der Waals surface area contributed by atoms with E-state index in [-0.39, 0.29) is 5.38 Å². The Morgan fingerprint density at radius 1 is 1.18 bits per heavy atom. The second kappa shape index (κ2) is 5.85. The highest BCUT2D eigenvalue weighted by Crippen LogP contribution is 2.40. The fourth-order valence-electron chi connectivity index (χ4n) is 1.48. The van der Waals surface area contributed by atoms with Crippen LogP contribution in [-0.4, -0.2) is 6.26 Å². The molecule has 17 heavy (non-hydrogen) atoms. The second-order valence-corrected chi connectivity index (χ2v) is 7.02. The van der Waals surface area contributed by atoms with Crippen LogP contribution in [0.25, 0.3) is 0 Å². The van der Waals surface area contributed by atoms with Crippen molar-refractivity contribution in [1.29, 1.82) is 0 Å². The molecule has 2 rings (SSSR count).